The van der Waals surface area contributed by atoms with Crippen LogP contribution in [0.15, 0.2) is 66.7 Å². The molecule has 1 aliphatic heterocycles. The molecule has 2 amide bonds. The molecule has 0 spiro atoms. The maximum Gasteiger partial charge on any atom is 0.268 e. The average Bonchev–Trinajstić information content (AvgIpc) is 2.73. The minimum Gasteiger partial charge on any atom is -0.479 e. The molecule has 1 aliphatic rings. The summed E-state index contributed by atoms with van der Waals surface area (Å²) in [5.74, 6) is 0.263. The highest BCUT2D eigenvalue weighted by Gasteiger charge is 2.32. The predicted octanol–water partition coefficient (Wildman–Crippen LogP) is 5.21. The maximum atomic E-state index is 12.8. The normalized spacial score (nSPS) is 15.4. The second kappa shape index (κ2) is 8.20. The van der Waals surface area contributed by atoms with E-state index in [-0.39, 0.29) is 11.8 Å². The number of nitrogens with zero attached hydrogens (tertiary/aromatic N) is 1. The molecule has 4 rings (SSSR count). The van der Waals surface area contributed by atoms with Crippen molar-refractivity contribution in [2.75, 3.05) is 10.2 Å². The Morgan fingerprint density at radius 3 is 2.57 bits per heavy atom. The molecule has 0 saturated carbocycles. The molecule has 0 saturated heterocycles. The van der Waals surface area contributed by atoms with Crippen LogP contribution in [0.5, 0.6) is 5.75 Å². The topological polar surface area (TPSA) is 58.6 Å². The Morgan fingerprint density at radius 1 is 1.10 bits per heavy atom. The lowest BCUT2D eigenvalue weighted by Crippen LogP contribution is -2.44. The van der Waals surface area contributed by atoms with Crippen LogP contribution in [0.4, 0.5) is 11.4 Å². The van der Waals surface area contributed by atoms with Crippen molar-refractivity contribution in [3.8, 4) is 5.75 Å². The molecular weight excluding hydrogens is 400 g/mol. The van der Waals surface area contributed by atoms with Gasteiger partial charge < -0.3 is 15.0 Å². The highest BCUT2D eigenvalue weighted by atomic mass is 35.5. The van der Waals surface area contributed by atoms with Crippen LogP contribution in [0, 0.1) is 6.92 Å². The number of halogens is 1. The van der Waals surface area contributed by atoms with E-state index in [9.17, 15) is 9.59 Å². The van der Waals surface area contributed by atoms with Crippen LogP contribution in [0.2, 0.25) is 5.02 Å². The minimum atomic E-state index is -0.586. The number of aryl methyl sites for hydroxylation is 1. The van der Waals surface area contributed by atoms with Crippen molar-refractivity contribution in [3.63, 3.8) is 0 Å². The molecule has 30 heavy (non-hydrogen) atoms. The first-order valence-corrected chi connectivity index (χ1v) is 10.0. The van der Waals surface area contributed by atoms with Crippen molar-refractivity contribution in [1.29, 1.82) is 0 Å². The molecule has 3 aromatic rings. The highest BCUT2D eigenvalue weighted by molar-refractivity contribution is 6.30. The fraction of sp³-hybridized carbons (Fsp3) is 0.167. The lowest BCUT2D eigenvalue weighted by atomic mass is 10.1. The number of benzene rings is 3. The lowest BCUT2D eigenvalue weighted by molar-refractivity contribution is -0.125. The Balaban J connectivity index is 1.64. The Labute approximate surface area is 180 Å². The number of carbonyl (C=O) groups excluding carboxylic acids is 2. The number of ether oxygens (including phenoxy) is 1. The summed E-state index contributed by atoms with van der Waals surface area (Å²) in [6.07, 6.45) is -0.586. The van der Waals surface area contributed by atoms with E-state index in [1.807, 2.05) is 37.3 Å². The molecule has 1 heterocycles. The molecular formula is C24H21ClN2O3. The zero-order valence-corrected chi connectivity index (χ0v) is 17.4. The van der Waals surface area contributed by atoms with E-state index < -0.39 is 6.10 Å². The van der Waals surface area contributed by atoms with Crippen LogP contribution >= 0.6 is 11.6 Å². The first kappa shape index (κ1) is 20.0. The van der Waals surface area contributed by atoms with E-state index in [1.165, 1.54) is 0 Å². The Kier molecular flexibility index (Phi) is 5.46. The van der Waals surface area contributed by atoms with Crippen molar-refractivity contribution >= 4 is 34.8 Å². The average molecular weight is 421 g/mol. The highest BCUT2D eigenvalue weighted by Crippen LogP contribution is 2.37. The molecule has 1 unspecified atom stereocenters. The van der Waals surface area contributed by atoms with Gasteiger partial charge in [0.2, 0.25) is 0 Å². The minimum absolute atomic E-state index is 0.139. The largest absolute Gasteiger partial charge is 0.479 e. The summed E-state index contributed by atoms with van der Waals surface area (Å²) in [6, 6.07) is 20.1. The van der Waals surface area contributed by atoms with Crippen LogP contribution in [0.25, 0.3) is 0 Å². The molecule has 1 N–H and O–H groups in total. The summed E-state index contributed by atoms with van der Waals surface area (Å²) < 4.78 is 5.77. The van der Waals surface area contributed by atoms with Gasteiger partial charge in [0.15, 0.2) is 6.10 Å². The molecule has 0 bridgehead atoms. The smallest absolute Gasteiger partial charge is 0.268 e. The molecule has 0 aliphatic carbocycles. The number of fused-ring (bicyclic) bond motifs is 1. The summed E-state index contributed by atoms with van der Waals surface area (Å²) in [4.78, 5) is 27.2. The van der Waals surface area contributed by atoms with E-state index in [2.05, 4.69) is 5.32 Å². The van der Waals surface area contributed by atoms with Gasteiger partial charge >= 0.3 is 0 Å². The Morgan fingerprint density at radius 2 is 1.83 bits per heavy atom. The first-order chi connectivity index (χ1) is 14.4. The van der Waals surface area contributed by atoms with Gasteiger partial charge in [-0.3, -0.25) is 9.59 Å². The Hall–Kier alpha value is -3.31. The summed E-state index contributed by atoms with van der Waals surface area (Å²) in [6.45, 7) is 4.00. The van der Waals surface area contributed by atoms with Gasteiger partial charge in [0.1, 0.15) is 5.75 Å². The summed E-state index contributed by atoms with van der Waals surface area (Å²) in [5, 5.41) is 3.56. The zero-order chi connectivity index (χ0) is 21.3. The number of carbonyl (C=O) groups is 2. The predicted molar refractivity (Wildman–Crippen MR) is 118 cm³/mol. The van der Waals surface area contributed by atoms with Crippen molar-refractivity contribution < 1.29 is 14.3 Å². The van der Waals surface area contributed by atoms with E-state index >= 15 is 0 Å². The molecule has 0 aromatic heterocycles. The monoisotopic (exact) mass is 420 g/mol. The quantitative estimate of drug-likeness (QED) is 0.629. The summed E-state index contributed by atoms with van der Waals surface area (Å²) in [5.41, 5.74) is 3.66. The van der Waals surface area contributed by atoms with Gasteiger partial charge in [-0.2, -0.15) is 0 Å². The van der Waals surface area contributed by atoms with E-state index in [0.29, 0.717) is 34.3 Å². The SMILES string of the molecule is Cc1ccccc1C(=O)Nc1ccc2c(c1)N(Cc1ccc(Cl)cc1)C(=O)C(C)O2. The second-order valence-corrected chi connectivity index (χ2v) is 7.70. The van der Waals surface area contributed by atoms with Gasteiger partial charge in [0.05, 0.1) is 12.2 Å². The van der Waals surface area contributed by atoms with Crippen LogP contribution in [-0.2, 0) is 11.3 Å². The van der Waals surface area contributed by atoms with E-state index in [4.69, 9.17) is 16.3 Å². The summed E-state index contributed by atoms with van der Waals surface area (Å²) >= 11 is 5.98. The molecule has 3 aromatic carbocycles. The first-order valence-electron chi connectivity index (χ1n) is 9.66. The number of anilines is 2. The van der Waals surface area contributed by atoms with Crippen LogP contribution in [0.1, 0.15) is 28.4 Å². The van der Waals surface area contributed by atoms with Gasteiger partial charge in [-0.05, 0) is 61.4 Å². The van der Waals surface area contributed by atoms with Crippen molar-refractivity contribution in [1.82, 2.24) is 0 Å². The van der Waals surface area contributed by atoms with Crippen molar-refractivity contribution in [2.24, 2.45) is 0 Å². The molecule has 6 heteroatoms. The second-order valence-electron chi connectivity index (χ2n) is 7.26. The third-order valence-electron chi connectivity index (χ3n) is 5.07. The van der Waals surface area contributed by atoms with Gasteiger partial charge in [0, 0.05) is 16.3 Å². The lowest BCUT2D eigenvalue weighted by Gasteiger charge is -2.33. The van der Waals surface area contributed by atoms with Gasteiger partial charge in [-0.1, -0.05) is 41.9 Å². The fourth-order valence-electron chi connectivity index (χ4n) is 3.45. The third kappa shape index (κ3) is 4.02. The van der Waals surface area contributed by atoms with Crippen molar-refractivity contribution in [2.45, 2.75) is 26.5 Å². The van der Waals surface area contributed by atoms with Gasteiger partial charge in [-0.15, -0.1) is 0 Å². The number of hydrogen-bond donors (Lipinski definition) is 1. The van der Waals surface area contributed by atoms with Crippen LogP contribution in [0.3, 0.4) is 0 Å². The standard InChI is InChI=1S/C24H21ClN2O3/c1-15-5-3-4-6-20(15)23(28)26-19-11-12-22-21(13-19)27(24(29)16(2)30-22)14-17-7-9-18(25)10-8-17/h3-13,16H,14H2,1-2H3,(H,26,28). The molecule has 152 valence electrons. The number of hydrogen-bond acceptors (Lipinski definition) is 3. The molecule has 0 fully saturated rings. The van der Waals surface area contributed by atoms with Gasteiger partial charge in [-0.25, -0.2) is 0 Å². The van der Waals surface area contributed by atoms with E-state index in [0.717, 1.165) is 11.1 Å². The number of rotatable bonds is 4. The third-order valence-corrected chi connectivity index (χ3v) is 5.32. The number of amides is 2. The van der Waals surface area contributed by atoms with Crippen LogP contribution in [-0.4, -0.2) is 17.9 Å². The molecule has 5 nitrogen and oxygen atoms in total. The zero-order valence-electron chi connectivity index (χ0n) is 16.7. The van der Waals surface area contributed by atoms with Gasteiger partial charge in [0.25, 0.3) is 11.8 Å². The fourth-order valence-corrected chi connectivity index (χ4v) is 3.57. The molecule has 0 radical (unpaired) electrons. The molecule has 1 atom stereocenters. The van der Waals surface area contributed by atoms with Crippen molar-refractivity contribution in [3.05, 3.63) is 88.4 Å². The Bertz CT molecular complexity index is 1110. The van der Waals surface area contributed by atoms with Crippen LogP contribution < -0.4 is 15.0 Å². The summed E-state index contributed by atoms with van der Waals surface area (Å²) in [7, 11) is 0. The van der Waals surface area contributed by atoms with E-state index in [1.54, 1.807) is 48.2 Å². The maximum absolute atomic E-state index is 12.8. The number of nitrogens with one attached hydrogen (secondary N) is 1.